The second-order valence-electron chi connectivity index (χ2n) is 12.8. The normalized spacial score (nSPS) is 14.7. The van der Waals surface area contributed by atoms with Crippen molar-refractivity contribution in [1.29, 1.82) is 10.7 Å². The van der Waals surface area contributed by atoms with E-state index in [2.05, 4.69) is 26.4 Å². The van der Waals surface area contributed by atoms with Crippen LogP contribution in [0.1, 0.15) is 108 Å². The molecular weight excluding hydrogens is 582 g/mol. The summed E-state index contributed by atoms with van der Waals surface area (Å²) >= 11 is 0. The van der Waals surface area contributed by atoms with Gasteiger partial charge in [-0.15, -0.1) is 0 Å². The highest BCUT2D eigenvalue weighted by Gasteiger charge is 2.33. The summed E-state index contributed by atoms with van der Waals surface area (Å²) in [6, 6.07) is 12.0. The molecule has 1 unspecified atom stereocenters. The predicted molar refractivity (Wildman–Crippen MR) is 182 cm³/mol. The van der Waals surface area contributed by atoms with Crippen molar-refractivity contribution in [2.45, 2.75) is 110 Å². The van der Waals surface area contributed by atoms with E-state index in [0.717, 1.165) is 49.7 Å². The van der Waals surface area contributed by atoms with E-state index in [4.69, 9.17) is 14.9 Å². The van der Waals surface area contributed by atoms with Gasteiger partial charge in [-0.2, -0.15) is 5.26 Å². The molecule has 1 aliphatic rings. The Morgan fingerprint density at radius 3 is 2.30 bits per heavy atom. The molecule has 1 aliphatic carbocycles. The van der Waals surface area contributed by atoms with Crippen molar-refractivity contribution in [3.8, 4) is 17.2 Å². The summed E-state index contributed by atoms with van der Waals surface area (Å²) in [6.07, 6.45) is 7.48. The van der Waals surface area contributed by atoms with Gasteiger partial charge in [-0.3, -0.25) is 15.0 Å². The number of ether oxygens (including phenoxy) is 3. The Morgan fingerprint density at radius 2 is 1.78 bits per heavy atom. The molecule has 252 valence electrons. The van der Waals surface area contributed by atoms with Gasteiger partial charge in [0, 0.05) is 38.5 Å². The van der Waals surface area contributed by atoms with E-state index in [1.807, 2.05) is 65.8 Å². The molecule has 3 rings (SSSR count). The maximum atomic E-state index is 12.0. The average molecular weight is 636 g/mol. The Morgan fingerprint density at radius 1 is 1.13 bits per heavy atom. The first-order valence-corrected chi connectivity index (χ1v) is 16.3. The fraction of sp³-hybridized carbons (Fsp3) is 0.583. The number of carbonyl (C=O) groups excluding carboxylic acids is 2. The second-order valence-corrected chi connectivity index (χ2v) is 12.8. The number of aldehydes is 1. The van der Waals surface area contributed by atoms with Crippen molar-refractivity contribution >= 4 is 24.4 Å². The lowest BCUT2D eigenvalue weighted by atomic mass is 9.76. The van der Waals surface area contributed by atoms with Crippen LogP contribution in [0.25, 0.3) is 11.1 Å². The summed E-state index contributed by atoms with van der Waals surface area (Å²) in [6.45, 7) is 13.2. The SMILES string of the molecule is CC(C)OC(=N)c1c(-c2ccc(C(C#N)(CCNC=O)CCOC(C)(C)C)cc2)cc(C=O)nc1NC1CCCCC1.CCOC. The number of hydrogen-bond donors (Lipinski definition) is 3. The molecule has 10 nitrogen and oxygen atoms in total. The van der Waals surface area contributed by atoms with Gasteiger partial charge in [-0.25, -0.2) is 4.98 Å². The summed E-state index contributed by atoms with van der Waals surface area (Å²) in [5, 5.41) is 25.4. The zero-order chi connectivity index (χ0) is 34.2. The fourth-order valence-corrected chi connectivity index (χ4v) is 5.36. The largest absolute Gasteiger partial charge is 0.475 e. The minimum atomic E-state index is -0.879. The van der Waals surface area contributed by atoms with Crippen molar-refractivity contribution in [3.63, 3.8) is 0 Å². The molecule has 1 aromatic carbocycles. The molecule has 1 amide bonds. The first-order chi connectivity index (χ1) is 21.9. The van der Waals surface area contributed by atoms with E-state index in [1.54, 1.807) is 13.2 Å². The number of hydrogen-bond acceptors (Lipinski definition) is 9. The summed E-state index contributed by atoms with van der Waals surface area (Å²) < 4.78 is 16.3. The number of aromatic nitrogens is 1. The smallest absolute Gasteiger partial charge is 0.217 e. The second kappa shape index (κ2) is 19.0. The third-order valence-electron chi connectivity index (χ3n) is 7.78. The number of anilines is 1. The molecule has 2 aromatic rings. The lowest BCUT2D eigenvalue weighted by molar-refractivity contribution is -0.109. The first kappa shape index (κ1) is 38.4. The van der Waals surface area contributed by atoms with E-state index >= 15 is 0 Å². The predicted octanol–water partition coefficient (Wildman–Crippen LogP) is 6.81. The first-order valence-electron chi connectivity index (χ1n) is 16.3. The maximum Gasteiger partial charge on any atom is 0.217 e. The number of rotatable bonds is 15. The third kappa shape index (κ3) is 11.8. The van der Waals surface area contributed by atoms with Gasteiger partial charge in [-0.1, -0.05) is 43.5 Å². The quantitative estimate of drug-likeness (QED) is 0.0837. The average Bonchev–Trinajstić information content (AvgIpc) is 3.03. The zero-order valence-corrected chi connectivity index (χ0v) is 28.7. The summed E-state index contributed by atoms with van der Waals surface area (Å²) in [5.41, 5.74) is 1.78. The number of pyridine rings is 1. The summed E-state index contributed by atoms with van der Waals surface area (Å²) in [7, 11) is 1.68. The van der Waals surface area contributed by atoms with E-state index < -0.39 is 5.41 Å². The van der Waals surface area contributed by atoms with Crippen LogP contribution >= 0.6 is 0 Å². The number of carbonyl (C=O) groups is 2. The topological polar surface area (TPSA) is 146 Å². The molecule has 1 fully saturated rings. The maximum absolute atomic E-state index is 12.0. The van der Waals surface area contributed by atoms with Crippen LogP contribution in [-0.4, -0.2) is 68.2 Å². The van der Waals surface area contributed by atoms with Crippen molar-refractivity contribution in [2.24, 2.45) is 0 Å². The van der Waals surface area contributed by atoms with Crippen molar-refractivity contribution in [1.82, 2.24) is 10.3 Å². The van der Waals surface area contributed by atoms with Gasteiger partial charge in [0.15, 0.2) is 6.29 Å². The highest BCUT2D eigenvalue weighted by atomic mass is 16.5. The van der Waals surface area contributed by atoms with Crippen LogP contribution in [-0.2, 0) is 24.4 Å². The molecule has 10 heteroatoms. The Kier molecular flexibility index (Phi) is 15.8. The van der Waals surface area contributed by atoms with Crippen molar-refractivity contribution in [3.05, 3.63) is 47.2 Å². The van der Waals surface area contributed by atoms with Crippen LogP contribution in [0.5, 0.6) is 0 Å². The van der Waals surface area contributed by atoms with Crippen LogP contribution < -0.4 is 10.6 Å². The number of amides is 1. The third-order valence-corrected chi connectivity index (χ3v) is 7.78. The Balaban J connectivity index is 0.00000173. The molecule has 0 saturated heterocycles. The van der Waals surface area contributed by atoms with Crippen LogP contribution in [0.15, 0.2) is 30.3 Å². The molecular formula is C36H53N5O5. The minimum Gasteiger partial charge on any atom is -0.475 e. The highest BCUT2D eigenvalue weighted by molar-refractivity contribution is 6.04. The lowest BCUT2D eigenvalue weighted by Gasteiger charge is -2.29. The Hall–Kier alpha value is -3.81. The summed E-state index contributed by atoms with van der Waals surface area (Å²) in [5.74, 6) is 0.458. The molecule has 46 heavy (non-hydrogen) atoms. The zero-order valence-electron chi connectivity index (χ0n) is 28.7. The summed E-state index contributed by atoms with van der Waals surface area (Å²) in [4.78, 5) is 27.5. The lowest BCUT2D eigenvalue weighted by Crippen LogP contribution is -2.32. The molecule has 0 bridgehead atoms. The van der Waals surface area contributed by atoms with Crippen LogP contribution in [0.3, 0.4) is 0 Å². The van der Waals surface area contributed by atoms with Gasteiger partial charge in [0.2, 0.25) is 12.3 Å². The van der Waals surface area contributed by atoms with Gasteiger partial charge in [-0.05, 0) is 84.4 Å². The number of nitriles is 1. The van der Waals surface area contributed by atoms with Gasteiger partial charge >= 0.3 is 0 Å². The van der Waals surface area contributed by atoms with E-state index in [1.165, 1.54) is 6.42 Å². The number of nitrogens with one attached hydrogen (secondary N) is 3. The number of benzene rings is 1. The van der Waals surface area contributed by atoms with Crippen LogP contribution in [0.2, 0.25) is 0 Å². The van der Waals surface area contributed by atoms with Gasteiger partial charge in [0.05, 0.1) is 28.8 Å². The van der Waals surface area contributed by atoms with Gasteiger partial charge in [0.25, 0.3) is 0 Å². The molecule has 3 N–H and O–H groups in total. The van der Waals surface area contributed by atoms with Gasteiger partial charge in [0.1, 0.15) is 11.5 Å². The number of methoxy groups -OCH3 is 1. The van der Waals surface area contributed by atoms with E-state index in [0.29, 0.717) is 49.3 Å². The van der Waals surface area contributed by atoms with Gasteiger partial charge < -0.3 is 24.8 Å². The molecule has 0 radical (unpaired) electrons. The fourth-order valence-electron chi connectivity index (χ4n) is 5.36. The highest BCUT2D eigenvalue weighted by Crippen LogP contribution is 2.36. The Bertz CT molecular complexity index is 1290. The molecule has 1 heterocycles. The van der Waals surface area contributed by atoms with Crippen molar-refractivity contribution in [2.75, 3.05) is 32.2 Å². The monoisotopic (exact) mass is 635 g/mol. The standard InChI is InChI=1S/C33H45N5O4.C3H8O/c1-23(2)42-30(35)29-28(19-27(20-39)38-31(29)37-26-9-7-6-8-10-26)24-11-13-25(14-12-24)33(21-34,15-17-36-22-40)16-18-41-32(3,4)5;1-3-4-2/h11-14,19-20,22-23,26,35H,6-10,15-18H2,1-5H3,(H,36,40)(H,37,38);3H2,1-2H3. The molecule has 1 atom stereocenters. The Labute approximate surface area is 275 Å². The van der Waals surface area contributed by atoms with Crippen LogP contribution in [0.4, 0.5) is 5.82 Å². The molecule has 0 spiro atoms. The molecule has 0 aliphatic heterocycles. The molecule has 1 aromatic heterocycles. The minimum absolute atomic E-state index is 0.0158. The number of nitrogens with zero attached hydrogens (tertiary/aromatic N) is 2. The van der Waals surface area contributed by atoms with E-state index in [-0.39, 0.29) is 29.3 Å². The van der Waals surface area contributed by atoms with Crippen molar-refractivity contribution < 1.29 is 23.8 Å². The van der Waals surface area contributed by atoms with Crippen LogP contribution in [0, 0.1) is 16.7 Å². The van der Waals surface area contributed by atoms with E-state index in [9.17, 15) is 14.9 Å². The molecule has 1 saturated carbocycles.